The predicted octanol–water partition coefficient (Wildman–Crippen LogP) is 1.45. The molecule has 6 nitrogen and oxygen atoms in total. The van der Waals surface area contributed by atoms with Crippen molar-refractivity contribution in [2.75, 3.05) is 18.6 Å². The fourth-order valence-corrected chi connectivity index (χ4v) is 4.06. The van der Waals surface area contributed by atoms with Crippen LogP contribution in [0.1, 0.15) is 14.5 Å². The van der Waals surface area contributed by atoms with Gasteiger partial charge in [0.1, 0.15) is 0 Å². The highest BCUT2D eigenvalue weighted by Crippen LogP contribution is 2.21. The average molecular weight is 372 g/mol. The van der Waals surface area contributed by atoms with Gasteiger partial charge in [0.15, 0.2) is 12.0 Å². The minimum absolute atomic E-state index is 0.0498. The van der Waals surface area contributed by atoms with Crippen LogP contribution >= 0.6 is 23.1 Å². The van der Waals surface area contributed by atoms with Crippen LogP contribution in [0.2, 0.25) is 0 Å². The summed E-state index contributed by atoms with van der Waals surface area (Å²) in [6, 6.07) is 8.61. The number of sulfonamides is 1. The van der Waals surface area contributed by atoms with Crippen LogP contribution in [0.15, 0.2) is 41.6 Å². The molecule has 0 bridgehead atoms. The first kappa shape index (κ1) is 17.9. The van der Waals surface area contributed by atoms with Crippen LogP contribution in [0.4, 0.5) is 0 Å². The van der Waals surface area contributed by atoms with Crippen molar-refractivity contribution < 1.29 is 17.9 Å². The lowest BCUT2D eigenvalue weighted by molar-refractivity contribution is -0.645. The number of pyridine rings is 1. The molecule has 0 radical (unpaired) electrons. The molecule has 23 heavy (non-hydrogen) atoms. The molecule has 0 aromatic carbocycles. The zero-order chi connectivity index (χ0) is 16.9. The second-order valence-corrected chi connectivity index (χ2v) is 8.76. The third-order valence-corrected chi connectivity index (χ3v) is 5.74. The first-order chi connectivity index (χ1) is 10.8. The minimum Gasteiger partial charge on any atom is -0.618 e. The van der Waals surface area contributed by atoms with E-state index in [1.807, 2.05) is 6.07 Å². The third-order valence-electron chi connectivity index (χ3n) is 2.81. The van der Waals surface area contributed by atoms with Crippen LogP contribution < -0.4 is 9.45 Å². The quantitative estimate of drug-likeness (QED) is 0.328. The van der Waals surface area contributed by atoms with E-state index in [4.69, 9.17) is 0 Å². The van der Waals surface area contributed by atoms with Crippen molar-refractivity contribution in [3.05, 3.63) is 51.5 Å². The number of nitrogens with zero attached hydrogens (tertiary/aromatic N) is 1. The lowest BCUT2D eigenvalue weighted by Gasteiger charge is -2.02. The Morgan fingerprint density at radius 3 is 2.83 bits per heavy atom. The Balaban J connectivity index is 1.87. The van der Waals surface area contributed by atoms with Gasteiger partial charge in [0.25, 0.3) is 5.03 Å². The molecule has 0 amide bonds. The van der Waals surface area contributed by atoms with E-state index in [-0.39, 0.29) is 11.5 Å². The molecular formula is C14H16N2O4S3. The Labute approximate surface area is 143 Å². The van der Waals surface area contributed by atoms with E-state index in [2.05, 4.69) is 4.72 Å². The standard InChI is InChI=1S/C14H16N2O4S3/c1-23(19,20)15-8-7-11-5-6-13(22-11)12(17)10-21-14-4-2-3-9-16(14)18/h2-6,9,15H,7-8,10H2,1H3. The molecule has 0 unspecified atom stereocenters. The number of hydrogen-bond acceptors (Lipinski definition) is 6. The van der Waals surface area contributed by atoms with Gasteiger partial charge in [-0.2, -0.15) is 4.73 Å². The van der Waals surface area contributed by atoms with Gasteiger partial charge in [0, 0.05) is 23.6 Å². The highest BCUT2D eigenvalue weighted by atomic mass is 32.2. The number of carbonyl (C=O) groups is 1. The second-order valence-electron chi connectivity index (χ2n) is 4.76. The molecule has 0 saturated carbocycles. The summed E-state index contributed by atoms with van der Waals surface area (Å²) in [5.41, 5.74) is 0. The molecule has 1 N–H and O–H groups in total. The number of thiophene rings is 1. The van der Waals surface area contributed by atoms with E-state index >= 15 is 0 Å². The summed E-state index contributed by atoms with van der Waals surface area (Å²) in [6.45, 7) is 0.307. The maximum Gasteiger partial charge on any atom is 0.251 e. The molecule has 0 spiro atoms. The normalized spacial score (nSPS) is 11.5. The summed E-state index contributed by atoms with van der Waals surface area (Å²) < 4.78 is 25.1. The van der Waals surface area contributed by atoms with E-state index in [1.165, 1.54) is 29.3 Å². The fraction of sp³-hybridized carbons (Fsp3) is 0.286. The lowest BCUT2D eigenvalue weighted by Crippen LogP contribution is -2.28. The van der Waals surface area contributed by atoms with Crippen LogP contribution in [0.5, 0.6) is 0 Å². The van der Waals surface area contributed by atoms with Crippen molar-refractivity contribution in [2.24, 2.45) is 0 Å². The van der Waals surface area contributed by atoms with Crippen LogP contribution in [0.25, 0.3) is 0 Å². The molecular weight excluding hydrogens is 356 g/mol. The second kappa shape index (κ2) is 7.91. The highest BCUT2D eigenvalue weighted by molar-refractivity contribution is 7.99. The summed E-state index contributed by atoms with van der Waals surface area (Å²) in [4.78, 5) is 13.7. The number of thioether (sulfide) groups is 1. The average Bonchev–Trinajstić information content (AvgIpc) is 2.94. The Kier molecular flexibility index (Phi) is 6.17. The van der Waals surface area contributed by atoms with Gasteiger partial charge in [0.2, 0.25) is 10.0 Å². The number of ketones is 1. The van der Waals surface area contributed by atoms with Gasteiger partial charge < -0.3 is 5.21 Å². The molecule has 2 heterocycles. The van der Waals surface area contributed by atoms with Gasteiger partial charge in [0.05, 0.1) is 16.9 Å². The highest BCUT2D eigenvalue weighted by Gasteiger charge is 2.13. The van der Waals surface area contributed by atoms with Crippen molar-refractivity contribution in [3.63, 3.8) is 0 Å². The molecule has 0 saturated heterocycles. The smallest absolute Gasteiger partial charge is 0.251 e. The van der Waals surface area contributed by atoms with Crippen molar-refractivity contribution in [3.8, 4) is 0 Å². The summed E-state index contributed by atoms with van der Waals surface area (Å²) in [6.07, 6.45) is 3.04. The maximum absolute atomic E-state index is 12.1. The van der Waals surface area contributed by atoms with Gasteiger partial charge in [-0.05, 0) is 36.4 Å². The lowest BCUT2D eigenvalue weighted by atomic mass is 10.3. The van der Waals surface area contributed by atoms with E-state index < -0.39 is 10.0 Å². The maximum atomic E-state index is 12.1. The molecule has 0 aliphatic carbocycles. The predicted molar refractivity (Wildman–Crippen MR) is 91.3 cm³/mol. The summed E-state index contributed by atoms with van der Waals surface area (Å²) >= 11 is 2.54. The SMILES string of the molecule is CS(=O)(=O)NCCc1ccc(C(=O)CSc2cccc[n+]2[O-])s1. The molecule has 0 aliphatic rings. The topological polar surface area (TPSA) is 90.2 Å². The fourth-order valence-electron chi connectivity index (χ4n) is 1.76. The van der Waals surface area contributed by atoms with E-state index in [9.17, 15) is 18.4 Å². The summed E-state index contributed by atoms with van der Waals surface area (Å²) in [7, 11) is -3.19. The number of carbonyl (C=O) groups excluding carboxylic acids is 1. The zero-order valence-corrected chi connectivity index (χ0v) is 14.8. The number of nitrogens with one attached hydrogen (secondary N) is 1. The van der Waals surface area contributed by atoms with Crippen molar-refractivity contribution in [1.29, 1.82) is 0 Å². The minimum atomic E-state index is -3.19. The Morgan fingerprint density at radius 1 is 1.35 bits per heavy atom. The van der Waals surface area contributed by atoms with E-state index in [0.29, 0.717) is 22.9 Å². The Bertz CT molecular complexity index is 787. The molecule has 2 aromatic heterocycles. The summed E-state index contributed by atoms with van der Waals surface area (Å²) in [5.74, 6) is 0.138. The van der Waals surface area contributed by atoms with Gasteiger partial charge in [-0.1, -0.05) is 0 Å². The van der Waals surface area contributed by atoms with Gasteiger partial charge in [-0.25, -0.2) is 13.1 Å². The number of Topliss-reactive ketones (excluding diaryl/α,β-unsaturated/α-hetero) is 1. The Morgan fingerprint density at radius 2 is 2.13 bits per heavy atom. The van der Waals surface area contributed by atoms with E-state index in [0.717, 1.165) is 15.9 Å². The molecule has 2 rings (SSSR count). The van der Waals surface area contributed by atoms with Crippen LogP contribution in [0, 0.1) is 5.21 Å². The first-order valence-electron chi connectivity index (χ1n) is 6.73. The number of aromatic nitrogens is 1. The monoisotopic (exact) mass is 372 g/mol. The number of rotatable bonds is 8. The molecule has 0 aliphatic heterocycles. The molecule has 0 fully saturated rings. The largest absolute Gasteiger partial charge is 0.618 e. The van der Waals surface area contributed by atoms with Gasteiger partial charge >= 0.3 is 0 Å². The van der Waals surface area contributed by atoms with Crippen molar-refractivity contribution >= 4 is 38.9 Å². The van der Waals surface area contributed by atoms with Crippen molar-refractivity contribution in [1.82, 2.24) is 4.72 Å². The van der Waals surface area contributed by atoms with Gasteiger partial charge in [-0.15, -0.1) is 11.3 Å². The summed E-state index contributed by atoms with van der Waals surface area (Å²) in [5, 5.41) is 12.0. The van der Waals surface area contributed by atoms with Crippen LogP contribution in [-0.2, 0) is 16.4 Å². The zero-order valence-electron chi connectivity index (χ0n) is 12.4. The molecule has 2 aromatic rings. The number of hydrogen-bond donors (Lipinski definition) is 1. The molecule has 0 atom stereocenters. The Hall–Kier alpha value is -1.42. The first-order valence-corrected chi connectivity index (χ1v) is 10.4. The molecule has 9 heteroatoms. The molecule has 124 valence electrons. The third kappa shape index (κ3) is 5.94. The van der Waals surface area contributed by atoms with Crippen LogP contribution in [0.3, 0.4) is 0 Å². The van der Waals surface area contributed by atoms with Crippen molar-refractivity contribution in [2.45, 2.75) is 11.4 Å². The van der Waals surface area contributed by atoms with Crippen LogP contribution in [-0.4, -0.2) is 32.8 Å². The van der Waals surface area contributed by atoms with E-state index in [1.54, 1.807) is 24.3 Å². The van der Waals surface area contributed by atoms with Gasteiger partial charge in [-0.3, -0.25) is 4.79 Å².